The molecular weight excluding hydrogens is 461 g/mol. The average molecular weight is 488 g/mol. The first-order chi connectivity index (χ1) is 17.7. The van der Waals surface area contributed by atoms with Gasteiger partial charge in [0.15, 0.2) is 0 Å². The van der Waals surface area contributed by atoms with Crippen molar-refractivity contribution in [2.45, 2.75) is 19.2 Å². The summed E-state index contributed by atoms with van der Waals surface area (Å²) in [5, 5.41) is 12.5. The molecule has 2 aliphatic heterocycles. The van der Waals surface area contributed by atoms with Gasteiger partial charge in [0.1, 0.15) is 18.6 Å². The van der Waals surface area contributed by atoms with Crippen LogP contribution in [0.5, 0.6) is 5.88 Å². The number of hydrogen-bond acceptors (Lipinski definition) is 7. The topological polar surface area (TPSA) is 97.2 Å². The molecule has 1 fully saturated rings. The minimum absolute atomic E-state index is 0.0839. The first kappa shape index (κ1) is 22.6. The second-order valence-corrected chi connectivity index (χ2v) is 9.06. The number of ether oxygens (including phenoxy) is 1. The average Bonchev–Trinajstić information content (AvgIpc) is 3.29. The number of alkyl halides is 1. The Labute approximate surface area is 207 Å². The SMILES string of the molecule is O=C(Nc1cc2cc(-c3cnn4c3CN(CCF)CC4)ccc2cn1)c1ccnc(OC2CNC2)c1. The summed E-state index contributed by atoms with van der Waals surface area (Å²) in [5.74, 6) is 0.605. The van der Waals surface area contributed by atoms with Gasteiger partial charge in [-0.15, -0.1) is 0 Å². The molecule has 4 aromatic rings. The lowest BCUT2D eigenvalue weighted by molar-refractivity contribution is 0.102. The Balaban J connectivity index is 1.23. The largest absolute Gasteiger partial charge is 0.472 e. The summed E-state index contributed by atoms with van der Waals surface area (Å²) in [6.45, 7) is 3.85. The number of halogens is 1. The van der Waals surface area contributed by atoms with Crippen LogP contribution >= 0.6 is 0 Å². The van der Waals surface area contributed by atoms with E-state index in [4.69, 9.17) is 4.74 Å². The number of hydrogen-bond donors (Lipinski definition) is 2. The fourth-order valence-corrected chi connectivity index (χ4v) is 4.55. The van der Waals surface area contributed by atoms with Crippen molar-refractivity contribution in [3.63, 3.8) is 0 Å². The van der Waals surface area contributed by atoms with Crippen LogP contribution in [-0.4, -0.2) is 69.5 Å². The van der Waals surface area contributed by atoms with E-state index in [2.05, 4.69) is 36.7 Å². The molecule has 9 nitrogen and oxygen atoms in total. The van der Waals surface area contributed by atoms with Crippen LogP contribution in [0.25, 0.3) is 21.9 Å². The predicted octanol–water partition coefficient (Wildman–Crippen LogP) is 2.88. The summed E-state index contributed by atoms with van der Waals surface area (Å²) >= 11 is 0. The molecule has 2 N–H and O–H groups in total. The van der Waals surface area contributed by atoms with Gasteiger partial charge >= 0.3 is 0 Å². The highest BCUT2D eigenvalue weighted by molar-refractivity contribution is 6.04. The van der Waals surface area contributed by atoms with Crippen LogP contribution in [0.2, 0.25) is 0 Å². The molecule has 1 aromatic carbocycles. The van der Waals surface area contributed by atoms with E-state index in [1.165, 1.54) is 0 Å². The molecule has 0 spiro atoms. The van der Waals surface area contributed by atoms with Crippen molar-refractivity contribution in [1.29, 1.82) is 0 Å². The molecule has 3 aromatic heterocycles. The van der Waals surface area contributed by atoms with Crippen molar-refractivity contribution in [3.05, 3.63) is 66.2 Å². The molecule has 0 radical (unpaired) electrons. The monoisotopic (exact) mass is 487 g/mol. The summed E-state index contributed by atoms with van der Waals surface area (Å²) in [6, 6.07) is 11.3. The zero-order valence-corrected chi connectivity index (χ0v) is 19.7. The van der Waals surface area contributed by atoms with Crippen molar-refractivity contribution in [2.75, 3.05) is 38.2 Å². The number of pyridine rings is 2. The lowest BCUT2D eigenvalue weighted by Crippen LogP contribution is -2.50. The molecule has 0 saturated carbocycles. The fourth-order valence-electron chi connectivity index (χ4n) is 4.55. The maximum Gasteiger partial charge on any atom is 0.257 e. The highest BCUT2D eigenvalue weighted by Crippen LogP contribution is 2.30. The molecular formula is C26H26FN7O2. The normalized spacial score (nSPS) is 15.9. The van der Waals surface area contributed by atoms with Gasteiger partial charge in [-0.05, 0) is 29.1 Å². The van der Waals surface area contributed by atoms with Crippen molar-refractivity contribution in [2.24, 2.45) is 0 Å². The van der Waals surface area contributed by atoms with E-state index in [1.54, 1.807) is 24.5 Å². The zero-order valence-electron chi connectivity index (χ0n) is 19.7. The minimum atomic E-state index is -0.354. The number of carbonyl (C=O) groups is 1. The highest BCUT2D eigenvalue weighted by Gasteiger charge is 2.22. The molecule has 184 valence electrons. The van der Waals surface area contributed by atoms with Crippen molar-refractivity contribution in [3.8, 4) is 17.0 Å². The predicted molar refractivity (Wildman–Crippen MR) is 134 cm³/mol. The lowest BCUT2D eigenvalue weighted by Gasteiger charge is -2.27. The maximum absolute atomic E-state index is 12.9. The van der Waals surface area contributed by atoms with E-state index in [-0.39, 0.29) is 18.7 Å². The van der Waals surface area contributed by atoms with Crippen molar-refractivity contribution >= 4 is 22.5 Å². The Kier molecular flexibility index (Phi) is 6.04. The molecule has 6 rings (SSSR count). The number of benzene rings is 1. The summed E-state index contributed by atoms with van der Waals surface area (Å²) in [6.07, 6.45) is 5.27. The summed E-state index contributed by atoms with van der Waals surface area (Å²) < 4.78 is 20.6. The fraction of sp³-hybridized carbons (Fsp3) is 0.308. The second kappa shape index (κ2) is 9.63. The Morgan fingerprint density at radius 3 is 2.86 bits per heavy atom. The van der Waals surface area contributed by atoms with Gasteiger partial charge in [0.25, 0.3) is 5.91 Å². The third-order valence-electron chi connectivity index (χ3n) is 6.65. The smallest absolute Gasteiger partial charge is 0.257 e. The van der Waals surface area contributed by atoms with E-state index in [0.29, 0.717) is 30.4 Å². The number of aromatic nitrogens is 4. The van der Waals surface area contributed by atoms with E-state index < -0.39 is 0 Å². The molecule has 10 heteroatoms. The number of amides is 1. The van der Waals surface area contributed by atoms with E-state index in [0.717, 1.165) is 53.8 Å². The van der Waals surface area contributed by atoms with Crippen molar-refractivity contribution in [1.82, 2.24) is 30.0 Å². The Morgan fingerprint density at radius 2 is 2.03 bits per heavy atom. The molecule has 1 amide bonds. The Hall–Kier alpha value is -3.89. The van der Waals surface area contributed by atoms with Crippen LogP contribution in [0.1, 0.15) is 16.1 Å². The van der Waals surface area contributed by atoms with Gasteiger partial charge in [-0.3, -0.25) is 14.4 Å². The quantitative estimate of drug-likeness (QED) is 0.414. The van der Waals surface area contributed by atoms with Gasteiger partial charge in [-0.2, -0.15) is 5.10 Å². The number of nitrogens with zero attached hydrogens (tertiary/aromatic N) is 5. The molecule has 1 saturated heterocycles. The molecule has 0 aliphatic carbocycles. The number of nitrogens with one attached hydrogen (secondary N) is 2. The van der Waals surface area contributed by atoms with E-state index in [9.17, 15) is 9.18 Å². The highest BCUT2D eigenvalue weighted by atomic mass is 19.1. The maximum atomic E-state index is 12.9. The van der Waals surface area contributed by atoms with E-state index >= 15 is 0 Å². The van der Waals surface area contributed by atoms with Gasteiger partial charge in [0, 0.05) is 67.7 Å². The minimum Gasteiger partial charge on any atom is -0.472 e. The number of carbonyl (C=O) groups excluding carboxylic acids is 1. The molecule has 0 bridgehead atoms. The van der Waals surface area contributed by atoms with E-state index in [1.807, 2.05) is 29.1 Å². The van der Waals surface area contributed by atoms with Crippen LogP contribution in [0.4, 0.5) is 10.2 Å². The number of fused-ring (bicyclic) bond motifs is 2. The van der Waals surface area contributed by atoms with Crippen LogP contribution < -0.4 is 15.4 Å². The van der Waals surface area contributed by atoms with Crippen LogP contribution in [0.15, 0.2) is 55.0 Å². The third kappa shape index (κ3) is 4.52. The number of rotatable bonds is 7. The Bertz CT molecular complexity index is 1420. The molecule has 5 heterocycles. The van der Waals surface area contributed by atoms with Gasteiger partial charge in [-0.1, -0.05) is 12.1 Å². The molecule has 36 heavy (non-hydrogen) atoms. The van der Waals surface area contributed by atoms with Gasteiger partial charge < -0.3 is 15.4 Å². The second-order valence-electron chi connectivity index (χ2n) is 9.06. The third-order valence-corrected chi connectivity index (χ3v) is 6.65. The molecule has 2 aliphatic rings. The summed E-state index contributed by atoms with van der Waals surface area (Å²) in [5.41, 5.74) is 3.60. The van der Waals surface area contributed by atoms with Crippen LogP contribution in [0.3, 0.4) is 0 Å². The van der Waals surface area contributed by atoms with Gasteiger partial charge in [0.2, 0.25) is 5.88 Å². The first-order valence-corrected chi connectivity index (χ1v) is 12.0. The van der Waals surface area contributed by atoms with Gasteiger partial charge in [0.05, 0.1) is 18.4 Å². The summed E-state index contributed by atoms with van der Waals surface area (Å²) in [7, 11) is 0. The van der Waals surface area contributed by atoms with Crippen LogP contribution in [0, 0.1) is 0 Å². The molecule has 0 atom stereocenters. The summed E-state index contributed by atoms with van der Waals surface area (Å²) in [4.78, 5) is 23.6. The standard InChI is InChI=1S/C26H26FN7O2/c27-4-6-33-7-8-34-23(16-33)22(15-31-34)17-1-2-19-12-30-24(10-20(19)9-17)32-26(35)18-3-5-29-25(11-18)36-21-13-28-14-21/h1-3,5,9-12,15,21,28H,4,6-8,13-14,16H2,(H,30,32,35). The van der Waals surface area contributed by atoms with Crippen LogP contribution in [-0.2, 0) is 13.1 Å². The van der Waals surface area contributed by atoms with Gasteiger partial charge in [-0.25, -0.2) is 14.4 Å². The first-order valence-electron chi connectivity index (χ1n) is 12.0. The Morgan fingerprint density at radius 1 is 1.11 bits per heavy atom. The zero-order chi connectivity index (χ0) is 24.5. The molecule has 0 unspecified atom stereocenters. The number of anilines is 1. The van der Waals surface area contributed by atoms with Crippen molar-refractivity contribution < 1.29 is 13.9 Å². The lowest BCUT2D eigenvalue weighted by atomic mass is 10.0.